The number of benzene rings is 2. The molecule has 5 rings (SSSR count). The van der Waals surface area contributed by atoms with Crippen LogP contribution in [-0.2, 0) is 6.54 Å². The highest BCUT2D eigenvalue weighted by atomic mass is 35.5. The normalized spacial score (nSPS) is 20.3. The Hall–Kier alpha value is -2.01. The van der Waals surface area contributed by atoms with Crippen molar-refractivity contribution in [3.05, 3.63) is 62.3 Å². The van der Waals surface area contributed by atoms with Crippen LogP contribution >= 0.6 is 23.2 Å². The van der Waals surface area contributed by atoms with Crippen LogP contribution in [0, 0.1) is 6.92 Å². The lowest BCUT2D eigenvalue weighted by Gasteiger charge is -2.30. The second-order valence-corrected chi connectivity index (χ2v) is 8.08. The smallest absolute Gasteiger partial charge is 0.232 e. The molecule has 6 heteroatoms. The molecule has 2 heterocycles. The summed E-state index contributed by atoms with van der Waals surface area (Å²) in [7, 11) is 0. The third kappa shape index (κ3) is 2.92. The van der Waals surface area contributed by atoms with Gasteiger partial charge in [-0.1, -0.05) is 29.3 Å². The second-order valence-electron chi connectivity index (χ2n) is 7.23. The van der Waals surface area contributed by atoms with E-state index in [4.69, 9.17) is 32.7 Å². The van der Waals surface area contributed by atoms with Gasteiger partial charge in [0.2, 0.25) is 5.78 Å². The second kappa shape index (κ2) is 6.26. The number of carbonyl (C=O) groups excluding carboxylic acids is 1. The Bertz CT molecular complexity index is 1010. The molecule has 0 N–H and O–H groups in total. The number of carbonyl (C=O) groups is 1. The summed E-state index contributed by atoms with van der Waals surface area (Å²) in [5.74, 6) is 1.58. The molecule has 27 heavy (non-hydrogen) atoms. The third-order valence-electron chi connectivity index (χ3n) is 5.26. The van der Waals surface area contributed by atoms with E-state index in [2.05, 4.69) is 4.90 Å². The summed E-state index contributed by atoms with van der Waals surface area (Å²) in [6.45, 7) is 3.24. The average molecular weight is 402 g/mol. The monoisotopic (exact) mass is 401 g/mol. The number of fused-ring (bicyclic) bond motifs is 3. The van der Waals surface area contributed by atoms with Crippen molar-refractivity contribution in [2.75, 3.05) is 6.73 Å². The summed E-state index contributed by atoms with van der Waals surface area (Å²) in [6.07, 6.45) is 4.08. The molecule has 0 unspecified atom stereocenters. The van der Waals surface area contributed by atoms with Crippen LogP contribution in [0.15, 0.2) is 30.0 Å². The third-order valence-corrected chi connectivity index (χ3v) is 5.83. The fourth-order valence-electron chi connectivity index (χ4n) is 3.68. The number of hydrogen-bond acceptors (Lipinski definition) is 4. The van der Waals surface area contributed by atoms with Crippen LogP contribution in [0.2, 0.25) is 10.0 Å². The molecule has 1 aliphatic carbocycles. The number of ketones is 1. The number of rotatable bonds is 2. The van der Waals surface area contributed by atoms with E-state index < -0.39 is 0 Å². The van der Waals surface area contributed by atoms with Gasteiger partial charge in [-0.05, 0) is 55.2 Å². The highest BCUT2D eigenvalue weighted by Gasteiger charge is 2.38. The Morgan fingerprint density at radius 1 is 1.22 bits per heavy atom. The van der Waals surface area contributed by atoms with E-state index >= 15 is 0 Å². The maximum Gasteiger partial charge on any atom is 0.232 e. The molecule has 1 fully saturated rings. The highest BCUT2D eigenvalue weighted by Crippen LogP contribution is 2.45. The molecule has 4 nitrogen and oxygen atoms in total. The van der Waals surface area contributed by atoms with Crippen LogP contribution in [-0.4, -0.2) is 23.5 Å². The van der Waals surface area contributed by atoms with Gasteiger partial charge in [0.1, 0.15) is 18.2 Å². The number of halogens is 2. The van der Waals surface area contributed by atoms with Gasteiger partial charge in [0.25, 0.3) is 0 Å². The van der Waals surface area contributed by atoms with Crippen molar-refractivity contribution in [2.45, 2.75) is 32.4 Å². The van der Waals surface area contributed by atoms with Gasteiger partial charge in [-0.3, -0.25) is 9.69 Å². The first-order valence-electron chi connectivity index (χ1n) is 8.94. The van der Waals surface area contributed by atoms with E-state index in [1.807, 2.05) is 13.0 Å². The highest BCUT2D eigenvalue weighted by molar-refractivity contribution is 6.35. The molecule has 1 saturated carbocycles. The summed E-state index contributed by atoms with van der Waals surface area (Å²) in [6, 6.07) is 7.68. The minimum atomic E-state index is -0.125. The molecule has 3 aliphatic rings. The van der Waals surface area contributed by atoms with Crippen molar-refractivity contribution < 1.29 is 14.3 Å². The molecule has 0 saturated heterocycles. The van der Waals surface area contributed by atoms with Gasteiger partial charge >= 0.3 is 0 Å². The largest absolute Gasteiger partial charge is 0.478 e. The predicted molar refractivity (Wildman–Crippen MR) is 105 cm³/mol. The van der Waals surface area contributed by atoms with Crippen LogP contribution in [0.5, 0.6) is 11.5 Å². The van der Waals surface area contributed by atoms with E-state index in [-0.39, 0.29) is 11.5 Å². The van der Waals surface area contributed by atoms with Crippen molar-refractivity contribution in [3.8, 4) is 11.5 Å². The number of ether oxygens (including phenoxy) is 2. The molecular formula is C21H17Cl2NO3. The average Bonchev–Trinajstić information content (AvgIpc) is 3.42. The van der Waals surface area contributed by atoms with E-state index in [1.54, 1.807) is 24.3 Å². The Labute approximate surface area is 167 Å². The Kier molecular flexibility index (Phi) is 3.97. The van der Waals surface area contributed by atoms with Crippen molar-refractivity contribution in [2.24, 2.45) is 0 Å². The lowest BCUT2D eigenvalue weighted by Crippen LogP contribution is -2.34. The molecular weight excluding hydrogens is 385 g/mol. The summed E-state index contributed by atoms with van der Waals surface area (Å²) in [5.41, 5.74) is 3.12. The van der Waals surface area contributed by atoms with Crippen LogP contribution in [0.1, 0.15) is 39.9 Å². The van der Waals surface area contributed by atoms with Crippen molar-refractivity contribution in [1.29, 1.82) is 0 Å². The number of aryl methyl sites for hydroxylation is 1. The van der Waals surface area contributed by atoms with Crippen molar-refractivity contribution in [3.63, 3.8) is 0 Å². The first-order valence-corrected chi connectivity index (χ1v) is 9.69. The standard InChI is InChI=1S/C21H17Cl2NO3/c1-11-6-17-15(9-24(10-26-17)14-4-5-14)21-19(11)20(25)18(27-21)7-12-2-3-13(22)8-16(12)23/h2-3,6-8,14H,4-5,9-10H2,1H3/b18-7-. The molecule has 2 aliphatic heterocycles. The van der Waals surface area contributed by atoms with Gasteiger partial charge in [0.05, 0.1) is 11.1 Å². The van der Waals surface area contributed by atoms with Gasteiger partial charge in [0.15, 0.2) is 5.76 Å². The SMILES string of the molecule is Cc1cc2c(c3c1C(=O)/C(=C/c1ccc(Cl)cc1Cl)O3)CN(C1CC1)CO2. The molecule has 0 spiro atoms. The molecule has 0 atom stereocenters. The molecule has 0 radical (unpaired) electrons. The molecule has 2 aromatic carbocycles. The van der Waals surface area contributed by atoms with Crippen LogP contribution in [0.25, 0.3) is 6.08 Å². The van der Waals surface area contributed by atoms with E-state index in [1.165, 1.54) is 12.8 Å². The Morgan fingerprint density at radius 3 is 2.78 bits per heavy atom. The maximum absolute atomic E-state index is 13.0. The number of allylic oxidation sites excluding steroid dienone is 1. The molecule has 0 bridgehead atoms. The minimum Gasteiger partial charge on any atom is -0.478 e. The van der Waals surface area contributed by atoms with Gasteiger partial charge in [-0.15, -0.1) is 0 Å². The molecule has 2 aromatic rings. The van der Waals surface area contributed by atoms with Gasteiger partial charge in [-0.2, -0.15) is 0 Å². The lowest BCUT2D eigenvalue weighted by molar-refractivity contribution is 0.0867. The summed E-state index contributed by atoms with van der Waals surface area (Å²) in [5, 5.41) is 1.02. The first-order chi connectivity index (χ1) is 13.0. The summed E-state index contributed by atoms with van der Waals surface area (Å²) in [4.78, 5) is 15.3. The number of nitrogens with zero attached hydrogens (tertiary/aromatic N) is 1. The zero-order chi connectivity index (χ0) is 18.7. The van der Waals surface area contributed by atoms with Crippen LogP contribution in [0.4, 0.5) is 0 Å². The fraction of sp³-hybridized carbons (Fsp3) is 0.286. The van der Waals surface area contributed by atoms with E-state index in [9.17, 15) is 4.79 Å². The quantitative estimate of drug-likeness (QED) is 0.645. The zero-order valence-electron chi connectivity index (χ0n) is 14.7. The van der Waals surface area contributed by atoms with Crippen molar-refractivity contribution >= 4 is 35.1 Å². The summed E-state index contributed by atoms with van der Waals surface area (Å²) < 4.78 is 12.0. The number of hydrogen-bond donors (Lipinski definition) is 0. The minimum absolute atomic E-state index is 0.125. The van der Waals surface area contributed by atoms with Gasteiger partial charge in [-0.25, -0.2) is 0 Å². The molecule has 138 valence electrons. The topological polar surface area (TPSA) is 38.8 Å². The predicted octanol–water partition coefficient (Wildman–Crippen LogP) is 5.23. The van der Waals surface area contributed by atoms with Crippen LogP contribution < -0.4 is 9.47 Å². The van der Waals surface area contributed by atoms with E-state index in [0.717, 1.165) is 23.4 Å². The molecule has 0 amide bonds. The first kappa shape index (κ1) is 17.1. The van der Waals surface area contributed by atoms with E-state index in [0.29, 0.717) is 39.7 Å². The van der Waals surface area contributed by atoms with Gasteiger partial charge in [0, 0.05) is 22.6 Å². The fourth-order valence-corrected chi connectivity index (χ4v) is 4.14. The summed E-state index contributed by atoms with van der Waals surface area (Å²) >= 11 is 12.2. The van der Waals surface area contributed by atoms with Gasteiger partial charge < -0.3 is 9.47 Å². The Balaban J connectivity index is 1.55. The molecule has 0 aromatic heterocycles. The zero-order valence-corrected chi connectivity index (χ0v) is 16.2. The number of Topliss-reactive ketones (excluding diaryl/α,β-unsaturated/α-hetero) is 1. The van der Waals surface area contributed by atoms with Crippen LogP contribution in [0.3, 0.4) is 0 Å². The maximum atomic E-state index is 13.0. The van der Waals surface area contributed by atoms with Crippen molar-refractivity contribution in [1.82, 2.24) is 4.90 Å². The Morgan fingerprint density at radius 2 is 2.04 bits per heavy atom. The lowest BCUT2D eigenvalue weighted by atomic mass is 9.98.